The van der Waals surface area contributed by atoms with Crippen molar-refractivity contribution < 1.29 is 28.5 Å². The third kappa shape index (κ3) is 4.29. The van der Waals surface area contributed by atoms with Crippen molar-refractivity contribution in [3.8, 4) is 11.4 Å². The SMILES string of the molecule is O=C(O)c1[nH]c2nc(-c3ccccc3)nc(NCC(O)CO)c2c1S(=O)(=O)c1ccccc1. The van der Waals surface area contributed by atoms with Gasteiger partial charge in [0, 0.05) is 12.1 Å². The molecule has 33 heavy (non-hydrogen) atoms. The molecular weight excluding hydrogens is 448 g/mol. The lowest BCUT2D eigenvalue weighted by Crippen LogP contribution is -2.23. The maximum absolute atomic E-state index is 13.5. The van der Waals surface area contributed by atoms with Crippen LogP contribution in [0.3, 0.4) is 0 Å². The van der Waals surface area contributed by atoms with Crippen LogP contribution in [0.25, 0.3) is 22.4 Å². The Bertz CT molecular complexity index is 1410. The molecule has 170 valence electrons. The number of aliphatic hydroxyl groups excluding tert-OH is 2. The number of fused-ring (bicyclic) bond motifs is 1. The van der Waals surface area contributed by atoms with Crippen molar-refractivity contribution in [1.82, 2.24) is 15.0 Å². The van der Waals surface area contributed by atoms with Gasteiger partial charge in [0.1, 0.15) is 22.1 Å². The monoisotopic (exact) mass is 468 g/mol. The highest BCUT2D eigenvalue weighted by Crippen LogP contribution is 2.36. The van der Waals surface area contributed by atoms with Crippen LogP contribution >= 0.6 is 0 Å². The number of benzene rings is 2. The van der Waals surface area contributed by atoms with Crippen molar-refractivity contribution in [3.63, 3.8) is 0 Å². The Kier molecular flexibility index (Phi) is 6.09. The summed E-state index contributed by atoms with van der Waals surface area (Å²) in [5, 5.41) is 31.5. The Morgan fingerprint density at radius 2 is 1.67 bits per heavy atom. The number of H-pyrrole nitrogens is 1. The fraction of sp³-hybridized carbons (Fsp3) is 0.136. The minimum atomic E-state index is -4.29. The minimum Gasteiger partial charge on any atom is -0.477 e. The molecule has 10 nitrogen and oxygen atoms in total. The quantitative estimate of drug-likeness (QED) is 0.260. The Hall–Kier alpha value is -3.80. The molecule has 0 fully saturated rings. The molecule has 11 heteroatoms. The number of aromatic amines is 1. The van der Waals surface area contributed by atoms with Crippen molar-refractivity contribution in [3.05, 3.63) is 66.4 Å². The normalized spacial score (nSPS) is 12.5. The van der Waals surface area contributed by atoms with Crippen LogP contribution in [0.4, 0.5) is 5.82 Å². The number of carbonyl (C=O) groups is 1. The topological polar surface area (TPSA) is 165 Å². The van der Waals surface area contributed by atoms with E-state index in [4.69, 9.17) is 5.11 Å². The summed E-state index contributed by atoms with van der Waals surface area (Å²) in [6.45, 7) is -0.690. The van der Waals surface area contributed by atoms with Gasteiger partial charge in [-0.1, -0.05) is 48.5 Å². The lowest BCUT2D eigenvalue weighted by molar-refractivity contribution is 0.0687. The first-order valence-electron chi connectivity index (χ1n) is 9.88. The molecule has 4 aromatic rings. The molecule has 0 saturated heterocycles. The van der Waals surface area contributed by atoms with E-state index in [-0.39, 0.29) is 34.1 Å². The Labute approximate surface area is 188 Å². The predicted octanol–water partition coefficient (Wildman–Crippen LogP) is 1.92. The van der Waals surface area contributed by atoms with Gasteiger partial charge in [-0.3, -0.25) is 0 Å². The molecule has 0 aliphatic rings. The minimum absolute atomic E-state index is 0.00301. The molecule has 0 bridgehead atoms. The van der Waals surface area contributed by atoms with Crippen LogP contribution in [0.5, 0.6) is 0 Å². The summed E-state index contributed by atoms with van der Waals surface area (Å²) in [7, 11) is -4.29. The van der Waals surface area contributed by atoms with Crippen molar-refractivity contribution in [2.75, 3.05) is 18.5 Å². The molecule has 4 rings (SSSR count). The van der Waals surface area contributed by atoms with Gasteiger partial charge in [0.05, 0.1) is 23.0 Å². The molecule has 0 amide bonds. The van der Waals surface area contributed by atoms with Crippen molar-refractivity contribution in [2.45, 2.75) is 15.9 Å². The number of nitrogens with zero attached hydrogens (tertiary/aromatic N) is 2. The summed E-state index contributed by atoms with van der Waals surface area (Å²) < 4.78 is 27.0. The van der Waals surface area contributed by atoms with E-state index in [0.717, 1.165) is 0 Å². The van der Waals surface area contributed by atoms with Gasteiger partial charge < -0.3 is 25.6 Å². The molecule has 5 N–H and O–H groups in total. The van der Waals surface area contributed by atoms with Gasteiger partial charge in [-0.25, -0.2) is 23.2 Å². The van der Waals surface area contributed by atoms with Crippen LogP contribution in [0.15, 0.2) is 70.5 Å². The van der Waals surface area contributed by atoms with Gasteiger partial charge in [0.25, 0.3) is 0 Å². The molecule has 2 aromatic carbocycles. The zero-order valence-corrected chi connectivity index (χ0v) is 18.0. The highest BCUT2D eigenvalue weighted by Gasteiger charge is 2.32. The molecule has 2 heterocycles. The number of aromatic nitrogens is 3. The van der Waals surface area contributed by atoms with Crippen molar-refractivity contribution in [2.24, 2.45) is 0 Å². The second-order valence-electron chi connectivity index (χ2n) is 7.15. The maximum atomic E-state index is 13.5. The lowest BCUT2D eigenvalue weighted by Gasteiger charge is -2.13. The zero-order valence-electron chi connectivity index (χ0n) is 17.1. The van der Waals surface area contributed by atoms with Crippen LogP contribution in [-0.4, -0.2) is 63.9 Å². The van der Waals surface area contributed by atoms with E-state index < -0.39 is 39.1 Å². The standard InChI is InChI=1S/C22H20N4O6S/c27-12-14(28)11-23-20-16-18(33(31,32)15-9-5-2-6-10-15)17(22(29)30)24-21(16)26-19(25-20)13-7-3-1-4-8-13/h1-10,14,27-28H,11-12H2,(H,29,30)(H2,23,24,25,26). The number of rotatable bonds is 8. The Morgan fingerprint density at radius 1 is 1.03 bits per heavy atom. The first kappa shape index (κ1) is 22.4. The number of aliphatic hydroxyl groups is 2. The molecular formula is C22H20N4O6S. The number of aromatic carboxylic acids is 1. The molecule has 0 radical (unpaired) electrons. The molecule has 0 aliphatic heterocycles. The summed E-state index contributed by atoms with van der Waals surface area (Å²) in [6.07, 6.45) is -1.15. The number of sulfone groups is 1. The third-order valence-corrected chi connectivity index (χ3v) is 6.73. The number of hydrogen-bond donors (Lipinski definition) is 5. The van der Waals surface area contributed by atoms with Gasteiger partial charge in [-0.05, 0) is 12.1 Å². The second-order valence-corrected chi connectivity index (χ2v) is 9.04. The van der Waals surface area contributed by atoms with Gasteiger partial charge >= 0.3 is 5.97 Å². The number of anilines is 1. The predicted molar refractivity (Wildman–Crippen MR) is 120 cm³/mol. The van der Waals surface area contributed by atoms with E-state index in [0.29, 0.717) is 5.56 Å². The summed E-state index contributed by atoms with van der Waals surface area (Å²) in [6, 6.07) is 16.3. The van der Waals surface area contributed by atoms with Crippen LogP contribution in [0, 0.1) is 0 Å². The van der Waals surface area contributed by atoms with Gasteiger partial charge in [-0.2, -0.15) is 0 Å². The molecule has 0 saturated carbocycles. The van der Waals surface area contributed by atoms with Gasteiger partial charge in [0.2, 0.25) is 9.84 Å². The molecule has 2 aromatic heterocycles. The number of nitrogens with one attached hydrogen (secondary N) is 2. The van der Waals surface area contributed by atoms with Crippen LogP contribution in [0.1, 0.15) is 10.5 Å². The van der Waals surface area contributed by atoms with E-state index >= 15 is 0 Å². The van der Waals surface area contributed by atoms with Gasteiger partial charge in [-0.15, -0.1) is 0 Å². The first-order valence-corrected chi connectivity index (χ1v) is 11.4. The van der Waals surface area contributed by atoms with Crippen molar-refractivity contribution >= 4 is 32.7 Å². The Morgan fingerprint density at radius 3 is 2.27 bits per heavy atom. The smallest absolute Gasteiger partial charge is 0.353 e. The summed E-state index contributed by atoms with van der Waals surface area (Å²) in [5.74, 6) is -1.26. The van der Waals surface area contributed by atoms with Crippen LogP contribution in [0.2, 0.25) is 0 Å². The Balaban J connectivity index is 2.02. The third-order valence-electron chi connectivity index (χ3n) is 4.89. The lowest BCUT2D eigenvalue weighted by atomic mass is 10.2. The number of carboxylic acid groups (broad SMARTS) is 1. The zero-order chi connectivity index (χ0) is 23.6. The van der Waals surface area contributed by atoms with Crippen LogP contribution < -0.4 is 5.32 Å². The average molecular weight is 468 g/mol. The van der Waals surface area contributed by atoms with Crippen LogP contribution in [-0.2, 0) is 9.84 Å². The first-order chi connectivity index (χ1) is 15.8. The molecule has 0 spiro atoms. The summed E-state index contributed by atoms with van der Waals surface area (Å²) >= 11 is 0. The molecule has 1 unspecified atom stereocenters. The maximum Gasteiger partial charge on any atom is 0.353 e. The van der Waals surface area contributed by atoms with E-state index in [1.807, 2.05) is 0 Å². The molecule has 0 aliphatic carbocycles. The van der Waals surface area contributed by atoms with E-state index in [2.05, 4.69) is 20.3 Å². The summed E-state index contributed by atoms with van der Waals surface area (Å²) in [4.78, 5) is 22.8. The van der Waals surface area contributed by atoms with E-state index in [1.54, 1.807) is 36.4 Å². The highest BCUT2D eigenvalue weighted by molar-refractivity contribution is 7.91. The highest BCUT2D eigenvalue weighted by atomic mass is 32.2. The fourth-order valence-electron chi connectivity index (χ4n) is 3.33. The largest absolute Gasteiger partial charge is 0.477 e. The second kappa shape index (κ2) is 8.98. The van der Waals surface area contributed by atoms with E-state index in [9.17, 15) is 23.4 Å². The molecule has 1 atom stereocenters. The van der Waals surface area contributed by atoms with Gasteiger partial charge in [0.15, 0.2) is 5.82 Å². The van der Waals surface area contributed by atoms with E-state index in [1.165, 1.54) is 24.3 Å². The number of carboxylic acids is 1. The number of hydrogen-bond acceptors (Lipinski definition) is 8. The fourth-order valence-corrected chi connectivity index (χ4v) is 4.95. The van der Waals surface area contributed by atoms with Crippen molar-refractivity contribution in [1.29, 1.82) is 0 Å². The average Bonchev–Trinajstić information content (AvgIpc) is 3.24. The summed E-state index contributed by atoms with van der Waals surface area (Å²) in [5.41, 5.74) is 0.0555.